The van der Waals surface area contributed by atoms with Gasteiger partial charge in [0.05, 0.1) is 18.0 Å². The van der Waals surface area contributed by atoms with Crippen LogP contribution in [-0.4, -0.2) is 24.1 Å². The van der Waals surface area contributed by atoms with Crippen LogP contribution in [0.2, 0.25) is 0 Å². The van der Waals surface area contributed by atoms with Crippen LogP contribution in [0.3, 0.4) is 0 Å². The highest BCUT2D eigenvalue weighted by atomic mass is 32.1. The van der Waals surface area contributed by atoms with E-state index in [0.29, 0.717) is 4.88 Å². The Morgan fingerprint density at radius 3 is 2.73 bits per heavy atom. The van der Waals surface area contributed by atoms with Crippen molar-refractivity contribution in [3.63, 3.8) is 0 Å². The molecule has 1 amide bonds. The third-order valence-corrected chi connectivity index (χ3v) is 4.87. The molecular formula is C16H15NO4S. The van der Waals surface area contributed by atoms with Crippen molar-refractivity contribution in [1.29, 1.82) is 0 Å². The van der Waals surface area contributed by atoms with Crippen LogP contribution in [0.25, 0.3) is 0 Å². The van der Waals surface area contributed by atoms with E-state index in [-0.39, 0.29) is 16.8 Å². The summed E-state index contributed by atoms with van der Waals surface area (Å²) < 4.78 is 5.35. The third kappa shape index (κ3) is 2.57. The first-order chi connectivity index (χ1) is 10.6. The van der Waals surface area contributed by atoms with Crippen LogP contribution in [0.4, 0.5) is 0 Å². The Kier molecular flexibility index (Phi) is 3.85. The molecule has 0 fully saturated rings. The van der Waals surface area contributed by atoms with Crippen molar-refractivity contribution in [3.05, 3.63) is 51.2 Å². The molecular weight excluding hydrogens is 302 g/mol. The zero-order chi connectivity index (χ0) is 15.7. The van der Waals surface area contributed by atoms with E-state index in [1.54, 1.807) is 13.2 Å². The van der Waals surface area contributed by atoms with Crippen LogP contribution in [0, 0.1) is 0 Å². The van der Waals surface area contributed by atoms with Crippen LogP contribution in [-0.2, 0) is 6.42 Å². The fraction of sp³-hybridized carbons (Fsp3) is 0.250. The lowest BCUT2D eigenvalue weighted by molar-refractivity contribution is 0.0702. The van der Waals surface area contributed by atoms with Crippen molar-refractivity contribution in [2.45, 2.75) is 18.9 Å². The van der Waals surface area contributed by atoms with Crippen molar-refractivity contribution in [2.75, 3.05) is 7.11 Å². The number of carbonyl (C=O) groups excluding carboxylic acids is 1. The number of benzene rings is 1. The normalized spacial score (nSPS) is 16.1. The van der Waals surface area contributed by atoms with Crippen molar-refractivity contribution in [1.82, 2.24) is 5.32 Å². The van der Waals surface area contributed by atoms with Crippen LogP contribution in [0.5, 0.6) is 5.75 Å². The number of ether oxygens (including phenoxy) is 1. The second kappa shape index (κ2) is 5.81. The third-order valence-electron chi connectivity index (χ3n) is 3.79. The van der Waals surface area contributed by atoms with Gasteiger partial charge in [-0.15, -0.1) is 11.3 Å². The molecule has 6 heteroatoms. The number of rotatable bonds is 4. The molecule has 1 aliphatic carbocycles. The first kappa shape index (κ1) is 14.6. The lowest BCUT2D eigenvalue weighted by atomic mass is 10.1. The molecule has 5 nitrogen and oxygen atoms in total. The largest absolute Gasteiger partial charge is 0.496 e. The molecule has 1 aromatic heterocycles. The molecule has 0 spiro atoms. The molecule has 2 aromatic rings. The summed E-state index contributed by atoms with van der Waals surface area (Å²) >= 11 is 0.985. The molecule has 1 atom stereocenters. The molecule has 1 aromatic carbocycles. The Morgan fingerprint density at radius 1 is 1.27 bits per heavy atom. The Bertz CT molecular complexity index is 737. The molecule has 1 heterocycles. The maximum absolute atomic E-state index is 12.3. The number of hydrogen-bond donors (Lipinski definition) is 2. The summed E-state index contributed by atoms with van der Waals surface area (Å²) in [5, 5.41) is 11.9. The quantitative estimate of drug-likeness (QED) is 0.909. The van der Waals surface area contributed by atoms with Gasteiger partial charge in [0, 0.05) is 0 Å². The van der Waals surface area contributed by atoms with Gasteiger partial charge in [0.15, 0.2) is 0 Å². The zero-order valence-electron chi connectivity index (χ0n) is 12.0. The highest BCUT2D eigenvalue weighted by Crippen LogP contribution is 2.37. The molecule has 0 saturated heterocycles. The van der Waals surface area contributed by atoms with Gasteiger partial charge < -0.3 is 15.2 Å². The van der Waals surface area contributed by atoms with E-state index in [0.717, 1.165) is 41.1 Å². The number of nitrogens with one attached hydrogen (secondary N) is 1. The predicted molar refractivity (Wildman–Crippen MR) is 82.8 cm³/mol. The molecule has 0 saturated carbocycles. The summed E-state index contributed by atoms with van der Waals surface area (Å²) in [6, 6.07) is 8.76. The number of aromatic carboxylic acids is 1. The van der Waals surface area contributed by atoms with E-state index in [1.165, 1.54) is 6.07 Å². The second-order valence-corrected chi connectivity index (χ2v) is 6.15. The average Bonchev–Trinajstić information content (AvgIpc) is 3.14. The predicted octanol–water partition coefficient (Wildman–Crippen LogP) is 2.87. The van der Waals surface area contributed by atoms with E-state index in [2.05, 4.69) is 5.32 Å². The van der Waals surface area contributed by atoms with Gasteiger partial charge >= 0.3 is 5.97 Å². The van der Waals surface area contributed by atoms with Gasteiger partial charge in [0.1, 0.15) is 10.6 Å². The summed E-state index contributed by atoms with van der Waals surface area (Å²) in [5.74, 6) is -0.406. The zero-order valence-corrected chi connectivity index (χ0v) is 12.8. The van der Waals surface area contributed by atoms with Crippen LogP contribution >= 0.6 is 11.3 Å². The van der Waals surface area contributed by atoms with E-state index in [1.807, 2.05) is 18.2 Å². The van der Waals surface area contributed by atoms with Crippen LogP contribution in [0.15, 0.2) is 30.3 Å². The van der Waals surface area contributed by atoms with E-state index >= 15 is 0 Å². The van der Waals surface area contributed by atoms with E-state index in [9.17, 15) is 9.59 Å². The maximum Gasteiger partial charge on any atom is 0.345 e. The number of carboxylic acids is 1. The molecule has 0 radical (unpaired) electrons. The maximum atomic E-state index is 12.3. The molecule has 1 aliphatic rings. The molecule has 0 bridgehead atoms. The summed E-state index contributed by atoms with van der Waals surface area (Å²) in [6.45, 7) is 0. The minimum absolute atomic E-state index is 0.0621. The van der Waals surface area contributed by atoms with E-state index < -0.39 is 5.97 Å². The molecule has 2 N–H and O–H groups in total. The van der Waals surface area contributed by atoms with Crippen LogP contribution in [0.1, 0.15) is 42.9 Å². The van der Waals surface area contributed by atoms with Gasteiger partial charge in [-0.05, 0) is 42.2 Å². The Labute approximate surface area is 131 Å². The standard InChI is InChI=1S/C16H15NO4S/c1-21-12-4-2-3-9-10(12)5-6-11(9)17-15(18)13-7-8-14(22-13)16(19)20/h2-4,7-8,11H,5-6H2,1H3,(H,17,18)(H,19,20). The van der Waals surface area contributed by atoms with Crippen molar-refractivity contribution in [2.24, 2.45) is 0 Å². The van der Waals surface area contributed by atoms with Gasteiger partial charge in [-0.25, -0.2) is 4.79 Å². The Hall–Kier alpha value is -2.34. The fourth-order valence-corrected chi connectivity index (χ4v) is 3.51. The summed E-state index contributed by atoms with van der Waals surface area (Å²) in [4.78, 5) is 23.7. The van der Waals surface area contributed by atoms with Crippen molar-refractivity contribution >= 4 is 23.2 Å². The molecule has 22 heavy (non-hydrogen) atoms. The number of amides is 1. The monoisotopic (exact) mass is 317 g/mol. The molecule has 0 aliphatic heterocycles. The number of methoxy groups -OCH3 is 1. The van der Waals surface area contributed by atoms with Crippen molar-refractivity contribution < 1.29 is 19.4 Å². The first-order valence-electron chi connectivity index (χ1n) is 6.90. The number of carbonyl (C=O) groups is 2. The molecule has 3 rings (SSSR count). The van der Waals surface area contributed by atoms with Gasteiger partial charge in [-0.2, -0.15) is 0 Å². The number of hydrogen-bond acceptors (Lipinski definition) is 4. The Morgan fingerprint density at radius 2 is 2.05 bits per heavy atom. The minimum Gasteiger partial charge on any atom is -0.496 e. The Balaban J connectivity index is 1.78. The molecule has 114 valence electrons. The SMILES string of the molecule is COc1cccc2c1CCC2NC(=O)c1ccc(C(=O)O)s1. The summed E-state index contributed by atoms with van der Waals surface area (Å²) in [7, 11) is 1.64. The average molecular weight is 317 g/mol. The van der Waals surface area contributed by atoms with Crippen molar-refractivity contribution in [3.8, 4) is 5.75 Å². The summed E-state index contributed by atoms with van der Waals surface area (Å²) in [5.41, 5.74) is 2.20. The lowest BCUT2D eigenvalue weighted by Gasteiger charge is -2.14. The van der Waals surface area contributed by atoms with E-state index in [4.69, 9.17) is 9.84 Å². The minimum atomic E-state index is -1.01. The number of fused-ring (bicyclic) bond motifs is 1. The smallest absolute Gasteiger partial charge is 0.345 e. The number of carboxylic acid groups (broad SMARTS) is 1. The highest BCUT2D eigenvalue weighted by Gasteiger charge is 2.27. The molecule has 1 unspecified atom stereocenters. The van der Waals surface area contributed by atoms with Gasteiger partial charge in [0.25, 0.3) is 5.91 Å². The van der Waals surface area contributed by atoms with Gasteiger partial charge in [-0.1, -0.05) is 12.1 Å². The fourth-order valence-electron chi connectivity index (χ4n) is 2.77. The van der Waals surface area contributed by atoms with Crippen LogP contribution < -0.4 is 10.1 Å². The summed E-state index contributed by atoms with van der Waals surface area (Å²) in [6.07, 6.45) is 1.67. The highest BCUT2D eigenvalue weighted by molar-refractivity contribution is 7.15. The van der Waals surface area contributed by atoms with Gasteiger partial charge in [0.2, 0.25) is 0 Å². The van der Waals surface area contributed by atoms with Gasteiger partial charge in [-0.3, -0.25) is 4.79 Å². The lowest BCUT2D eigenvalue weighted by Crippen LogP contribution is -2.26. The number of thiophene rings is 1. The first-order valence-corrected chi connectivity index (χ1v) is 7.71. The topological polar surface area (TPSA) is 75.6 Å². The second-order valence-electron chi connectivity index (χ2n) is 5.06.